The molecule has 26 heavy (non-hydrogen) atoms. The van der Waals surface area contributed by atoms with E-state index in [1.165, 1.54) is 21.8 Å². The van der Waals surface area contributed by atoms with E-state index in [-0.39, 0.29) is 30.7 Å². The van der Waals surface area contributed by atoms with E-state index >= 15 is 0 Å². The monoisotopic (exact) mass is 363 g/mol. The molecule has 0 aromatic carbocycles. The van der Waals surface area contributed by atoms with Crippen molar-refractivity contribution in [3.05, 3.63) is 22.9 Å². The first-order valence-corrected chi connectivity index (χ1v) is 8.66. The highest BCUT2D eigenvalue weighted by Crippen LogP contribution is 2.51. The predicted molar refractivity (Wildman–Crippen MR) is 94.5 cm³/mol. The van der Waals surface area contributed by atoms with Crippen molar-refractivity contribution < 1.29 is 14.6 Å². The first kappa shape index (κ1) is 18.5. The van der Waals surface area contributed by atoms with Gasteiger partial charge in [0, 0.05) is 25.5 Å². The number of aliphatic hydroxyl groups excluding tert-OH is 1. The van der Waals surface area contributed by atoms with Crippen molar-refractivity contribution in [1.82, 2.24) is 24.6 Å². The van der Waals surface area contributed by atoms with E-state index in [4.69, 9.17) is 4.74 Å². The second-order valence-corrected chi connectivity index (χ2v) is 7.34. The molecule has 0 aliphatic heterocycles. The number of carbonyl (C=O) groups excluding carboxylic acids is 1. The highest BCUT2D eigenvalue weighted by molar-refractivity contribution is 5.78. The van der Waals surface area contributed by atoms with Crippen LogP contribution in [0.25, 0.3) is 11.0 Å². The third-order valence-electron chi connectivity index (χ3n) is 5.62. The quantitative estimate of drug-likeness (QED) is 0.736. The van der Waals surface area contributed by atoms with E-state index in [0.29, 0.717) is 24.1 Å². The fourth-order valence-corrected chi connectivity index (χ4v) is 3.64. The Morgan fingerprint density at radius 2 is 2.23 bits per heavy atom. The van der Waals surface area contributed by atoms with Crippen LogP contribution in [0, 0.1) is 5.41 Å². The first-order valence-electron chi connectivity index (χ1n) is 8.66. The highest BCUT2D eigenvalue weighted by Gasteiger charge is 2.61. The molecule has 0 bridgehead atoms. The van der Waals surface area contributed by atoms with Crippen molar-refractivity contribution >= 4 is 16.9 Å². The summed E-state index contributed by atoms with van der Waals surface area (Å²) in [6.07, 6.45) is 3.28. The Morgan fingerprint density at radius 3 is 2.85 bits per heavy atom. The van der Waals surface area contributed by atoms with Crippen LogP contribution in [0.1, 0.15) is 27.2 Å². The van der Waals surface area contributed by atoms with Crippen molar-refractivity contribution in [2.24, 2.45) is 12.5 Å². The maximum absolute atomic E-state index is 12.6. The molecule has 2 heterocycles. The van der Waals surface area contributed by atoms with E-state index in [0.717, 1.165) is 0 Å². The molecule has 1 aliphatic carbocycles. The zero-order valence-electron chi connectivity index (χ0n) is 15.5. The summed E-state index contributed by atoms with van der Waals surface area (Å²) in [5.41, 5.74) is -1.03. The van der Waals surface area contributed by atoms with Gasteiger partial charge in [-0.25, -0.2) is 4.98 Å². The molecule has 1 fully saturated rings. The van der Waals surface area contributed by atoms with Gasteiger partial charge < -0.3 is 15.2 Å². The number of aliphatic hydroxyl groups is 1. The second kappa shape index (κ2) is 6.48. The average Bonchev–Trinajstić information content (AvgIpc) is 2.98. The number of ether oxygens (including phenoxy) is 1. The molecule has 0 saturated heterocycles. The van der Waals surface area contributed by atoms with Crippen LogP contribution >= 0.6 is 0 Å². The number of aromatic nitrogens is 4. The summed E-state index contributed by atoms with van der Waals surface area (Å²) in [6.45, 7) is 6.06. The molecular weight excluding hydrogens is 338 g/mol. The largest absolute Gasteiger partial charge is 0.394 e. The molecule has 3 rings (SSSR count). The number of rotatable bonds is 6. The van der Waals surface area contributed by atoms with Gasteiger partial charge in [-0.15, -0.1) is 0 Å². The molecule has 0 radical (unpaired) electrons. The zero-order valence-corrected chi connectivity index (χ0v) is 15.5. The van der Waals surface area contributed by atoms with Crippen LogP contribution in [0.4, 0.5) is 0 Å². The van der Waals surface area contributed by atoms with Crippen molar-refractivity contribution in [2.45, 2.75) is 45.4 Å². The van der Waals surface area contributed by atoms with E-state index < -0.39 is 11.0 Å². The molecule has 2 atom stereocenters. The van der Waals surface area contributed by atoms with E-state index in [9.17, 15) is 14.7 Å². The van der Waals surface area contributed by atoms with Crippen molar-refractivity contribution in [1.29, 1.82) is 0 Å². The number of aryl methyl sites for hydroxylation is 1. The van der Waals surface area contributed by atoms with Crippen molar-refractivity contribution in [3.63, 3.8) is 0 Å². The molecule has 9 nitrogen and oxygen atoms in total. The van der Waals surface area contributed by atoms with Crippen molar-refractivity contribution in [3.8, 4) is 0 Å². The molecule has 2 aromatic rings. The maximum Gasteiger partial charge on any atom is 0.264 e. The zero-order chi connectivity index (χ0) is 19.1. The lowest BCUT2D eigenvalue weighted by atomic mass is 9.54. The predicted octanol–water partition coefficient (Wildman–Crippen LogP) is -0.188. The number of nitrogens with one attached hydrogen (secondary N) is 1. The minimum Gasteiger partial charge on any atom is -0.394 e. The highest BCUT2D eigenvalue weighted by atomic mass is 16.5. The average molecular weight is 363 g/mol. The minimum atomic E-state index is -0.765. The molecule has 1 aliphatic rings. The van der Waals surface area contributed by atoms with E-state index in [1.54, 1.807) is 7.05 Å². The number of hydrogen-bond donors (Lipinski definition) is 2. The summed E-state index contributed by atoms with van der Waals surface area (Å²) in [5, 5.41) is 17.2. The minimum absolute atomic E-state index is 0.0314. The van der Waals surface area contributed by atoms with Gasteiger partial charge in [0.2, 0.25) is 5.91 Å². The number of fused-ring (bicyclic) bond motifs is 1. The second-order valence-electron chi connectivity index (χ2n) is 7.34. The van der Waals surface area contributed by atoms with Crippen molar-refractivity contribution in [2.75, 3.05) is 13.2 Å². The van der Waals surface area contributed by atoms with Crippen LogP contribution in [0.3, 0.4) is 0 Å². The number of hydrogen-bond acceptors (Lipinski definition) is 6. The van der Waals surface area contributed by atoms with E-state index in [1.807, 2.05) is 20.8 Å². The van der Waals surface area contributed by atoms with Gasteiger partial charge in [0.15, 0.2) is 5.65 Å². The van der Waals surface area contributed by atoms with E-state index in [2.05, 4.69) is 15.4 Å². The molecule has 1 saturated carbocycles. The van der Waals surface area contributed by atoms with Gasteiger partial charge in [-0.1, -0.05) is 13.8 Å². The Labute approximate surface area is 151 Å². The van der Waals surface area contributed by atoms with Crippen LogP contribution < -0.4 is 10.9 Å². The molecule has 0 spiro atoms. The summed E-state index contributed by atoms with van der Waals surface area (Å²) < 4.78 is 8.44. The standard InChI is InChI=1S/C17H25N5O4/c1-5-26-12-6-17(9-23,16(12,2)3)20-13(24)8-22-10-18-14-11(15(22)25)7-19-21(14)4/h7,10,12,23H,5-6,8-9H2,1-4H3,(H,20,24). The lowest BCUT2D eigenvalue weighted by molar-refractivity contribution is -0.181. The first-order chi connectivity index (χ1) is 12.3. The Bertz CT molecular complexity index is 887. The van der Waals surface area contributed by atoms with Gasteiger partial charge >= 0.3 is 0 Å². The van der Waals surface area contributed by atoms with Crippen LogP contribution in [-0.4, -0.2) is 55.2 Å². The normalized spacial score (nSPS) is 24.4. The van der Waals surface area contributed by atoms with Gasteiger partial charge in [-0.3, -0.25) is 18.8 Å². The fourth-order valence-electron chi connectivity index (χ4n) is 3.64. The molecule has 2 N–H and O–H groups in total. The summed E-state index contributed by atoms with van der Waals surface area (Å²) in [6, 6.07) is 0. The van der Waals surface area contributed by atoms with Gasteiger partial charge in [0.1, 0.15) is 18.3 Å². The Kier molecular flexibility index (Phi) is 4.61. The van der Waals surface area contributed by atoms with Gasteiger partial charge in [-0.05, 0) is 6.92 Å². The molecule has 9 heteroatoms. The Hall–Kier alpha value is -2.26. The number of amides is 1. The molecule has 2 unspecified atom stereocenters. The molecule has 1 amide bonds. The number of nitrogens with zero attached hydrogens (tertiary/aromatic N) is 4. The molecule has 142 valence electrons. The van der Waals surface area contributed by atoms with Gasteiger partial charge in [-0.2, -0.15) is 5.10 Å². The van der Waals surface area contributed by atoms with Gasteiger partial charge in [0.05, 0.1) is 24.4 Å². The molecule has 2 aromatic heterocycles. The Balaban J connectivity index is 1.77. The molecular formula is C17H25N5O4. The number of carbonyl (C=O) groups is 1. The smallest absolute Gasteiger partial charge is 0.264 e. The third-order valence-corrected chi connectivity index (χ3v) is 5.62. The van der Waals surface area contributed by atoms with Crippen LogP contribution in [0.2, 0.25) is 0 Å². The summed E-state index contributed by atoms with van der Waals surface area (Å²) in [5.74, 6) is -0.353. The van der Waals surface area contributed by atoms with Crippen LogP contribution in [-0.2, 0) is 23.1 Å². The lowest BCUT2D eigenvalue weighted by Crippen LogP contribution is -2.74. The van der Waals surface area contributed by atoms with Gasteiger partial charge in [0.25, 0.3) is 5.56 Å². The summed E-state index contributed by atoms with van der Waals surface area (Å²) >= 11 is 0. The van der Waals surface area contributed by atoms with Crippen LogP contribution in [0.5, 0.6) is 0 Å². The lowest BCUT2D eigenvalue weighted by Gasteiger charge is -2.60. The van der Waals surface area contributed by atoms with Crippen LogP contribution in [0.15, 0.2) is 17.3 Å². The SMILES string of the molecule is CCOC1CC(CO)(NC(=O)Cn2cnc3c(cnn3C)c2=O)C1(C)C. The maximum atomic E-state index is 12.6. The summed E-state index contributed by atoms with van der Waals surface area (Å²) in [7, 11) is 1.70. The fraction of sp³-hybridized carbons (Fsp3) is 0.647. The summed E-state index contributed by atoms with van der Waals surface area (Å²) in [4.78, 5) is 29.2. The Morgan fingerprint density at radius 1 is 1.50 bits per heavy atom. The third kappa shape index (κ3) is 2.71. The topological polar surface area (TPSA) is 111 Å².